The summed E-state index contributed by atoms with van der Waals surface area (Å²) in [4.78, 5) is 24.2. The SMILES string of the molecule is C#Cc1cc(C#C)cc(C(=O)NCCOCCOCCNC(=O)c2cccc([125I])c2)c1. The van der Waals surface area contributed by atoms with Crippen LogP contribution < -0.4 is 10.6 Å². The zero-order chi connectivity index (χ0) is 22.5. The van der Waals surface area contributed by atoms with E-state index in [9.17, 15) is 9.59 Å². The maximum Gasteiger partial charge on any atom is 0.251 e. The predicted molar refractivity (Wildman–Crippen MR) is 128 cm³/mol. The van der Waals surface area contributed by atoms with Gasteiger partial charge in [-0.25, -0.2) is 0 Å². The molecule has 2 aromatic rings. The lowest BCUT2D eigenvalue weighted by atomic mass is 10.1. The number of carbonyl (C=O) groups is 2. The molecule has 0 aromatic heterocycles. The topological polar surface area (TPSA) is 76.7 Å². The number of halogens is 1. The minimum absolute atomic E-state index is 0.128. The third-order valence-electron chi connectivity index (χ3n) is 4.05. The fourth-order valence-electron chi connectivity index (χ4n) is 2.55. The van der Waals surface area contributed by atoms with Crippen LogP contribution in [0.4, 0.5) is 0 Å². The van der Waals surface area contributed by atoms with E-state index >= 15 is 0 Å². The average molecular weight is 528 g/mol. The van der Waals surface area contributed by atoms with Crippen LogP contribution in [0.2, 0.25) is 0 Å². The van der Waals surface area contributed by atoms with Crippen LogP contribution in [-0.4, -0.2) is 51.3 Å². The van der Waals surface area contributed by atoms with Gasteiger partial charge in [0.2, 0.25) is 0 Å². The van der Waals surface area contributed by atoms with Crippen LogP contribution in [0.25, 0.3) is 0 Å². The van der Waals surface area contributed by atoms with Gasteiger partial charge in [0.15, 0.2) is 0 Å². The van der Waals surface area contributed by atoms with Crippen molar-refractivity contribution in [3.63, 3.8) is 0 Å². The molecular formula is C24H23IN2O4. The number of hydrogen-bond donors (Lipinski definition) is 2. The third-order valence-corrected chi connectivity index (χ3v) is 4.72. The molecule has 0 heterocycles. The minimum Gasteiger partial charge on any atom is -0.377 e. The highest BCUT2D eigenvalue weighted by molar-refractivity contribution is 14.1. The summed E-state index contributed by atoms with van der Waals surface area (Å²) in [7, 11) is 0. The van der Waals surface area contributed by atoms with Crippen molar-refractivity contribution >= 4 is 34.4 Å². The van der Waals surface area contributed by atoms with Crippen LogP contribution in [0.15, 0.2) is 42.5 Å². The first-order chi connectivity index (χ1) is 15.0. The number of terminal acetylenes is 2. The monoisotopic (exact) mass is 528 g/mol. The lowest BCUT2D eigenvalue weighted by molar-refractivity contribution is 0.0486. The average Bonchev–Trinajstić information content (AvgIpc) is 2.79. The van der Waals surface area contributed by atoms with Crippen LogP contribution in [0.1, 0.15) is 31.8 Å². The molecular weight excluding hydrogens is 505 g/mol. The van der Waals surface area contributed by atoms with Crippen LogP contribution in [-0.2, 0) is 9.47 Å². The van der Waals surface area contributed by atoms with Crippen molar-refractivity contribution in [1.82, 2.24) is 10.6 Å². The van der Waals surface area contributed by atoms with Gasteiger partial charge in [0.1, 0.15) is 0 Å². The van der Waals surface area contributed by atoms with Crippen LogP contribution in [0, 0.1) is 28.3 Å². The molecule has 0 fully saturated rings. The highest BCUT2D eigenvalue weighted by Crippen LogP contribution is 2.09. The van der Waals surface area contributed by atoms with E-state index in [1.165, 1.54) is 0 Å². The second-order valence-electron chi connectivity index (χ2n) is 6.33. The highest BCUT2D eigenvalue weighted by atomic mass is 125. The molecule has 0 aliphatic carbocycles. The molecule has 31 heavy (non-hydrogen) atoms. The van der Waals surface area contributed by atoms with Crippen LogP contribution in [0.3, 0.4) is 0 Å². The van der Waals surface area contributed by atoms with E-state index in [0.29, 0.717) is 61.8 Å². The largest absolute Gasteiger partial charge is 0.377 e. The number of rotatable bonds is 11. The summed E-state index contributed by atoms with van der Waals surface area (Å²) in [6, 6.07) is 12.3. The van der Waals surface area contributed by atoms with Gasteiger partial charge in [-0.3, -0.25) is 9.59 Å². The molecule has 0 spiro atoms. The van der Waals surface area contributed by atoms with Gasteiger partial charge in [0.25, 0.3) is 11.8 Å². The lowest BCUT2D eigenvalue weighted by Gasteiger charge is -2.09. The molecule has 2 N–H and O–H groups in total. The molecule has 2 rings (SSSR count). The first-order valence-corrected chi connectivity index (χ1v) is 10.7. The number of amides is 2. The molecule has 0 saturated heterocycles. The molecule has 7 heteroatoms. The highest BCUT2D eigenvalue weighted by Gasteiger charge is 2.07. The van der Waals surface area contributed by atoms with Gasteiger partial charge in [-0.1, -0.05) is 17.9 Å². The zero-order valence-electron chi connectivity index (χ0n) is 16.9. The van der Waals surface area contributed by atoms with Gasteiger partial charge in [0.05, 0.1) is 26.4 Å². The number of nitrogens with one attached hydrogen (secondary N) is 2. The maximum absolute atomic E-state index is 12.2. The molecule has 0 saturated carbocycles. The van der Waals surface area contributed by atoms with Crippen LogP contribution in [0.5, 0.6) is 0 Å². The van der Waals surface area contributed by atoms with E-state index in [0.717, 1.165) is 3.57 Å². The molecule has 0 aliphatic heterocycles. The minimum atomic E-state index is -0.266. The quantitative estimate of drug-likeness (QED) is 0.267. The van der Waals surface area contributed by atoms with Crippen molar-refractivity contribution < 1.29 is 19.1 Å². The molecule has 0 radical (unpaired) electrons. The molecule has 0 aliphatic rings. The number of carbonyl (C=O) groups excluding carboxylic acids is 2. The van der Waals surface area contributed by atoms with E-state index in [1.807, 2.05) is 18.2 Å². The third kappa shape index (κ3) is 8.81. The first-order valence-electron chi connectivity index (χ1n) is 9.59. The Morgan fingerprint density at radius 2 is 1.35 bits per heavy atom. The Hall–Kier alpha value is -2.85. The summed E-state index contributed by atoms with van der Waals surface area (Å²) < 4.78 is 11.9. The first kappa shape index (κ1) is 24.4. The van der Waals surface area contributed by atoms with Gasteiger partial charge in [0, 0.05) is 38.9 Å². The maximum atomic E-state index is 12.2. The second kappa shape index (κ2) is 13.5. The van der Waals surface area contributed by atoms with Gasteiger partial charge in [-0.15, -0.1) is 12.8 Å². The van der Waals surface area contributed by atoms with Crippen molar-refractivity contribution in [2.75, 3.05) is 39.5 Å². The van der Waals surface area contributed by atoms with E-state index in [1.54, 1.807) is 24.3 Å². The summed E-state index contributed by atoms with van der Waals surface area (Å²) >= 11 is 2.16. The molecule has 2 amide bonds. The van der Waals surface area contributed by atoms with Crippen molar-refractivity contribution in [2.24, 2.45) is 0 Å². The molecule has 0 atom stereocenters. The summed E-state index contributed by atoms with van der Waals surface area (Å²) in [6.07, 6.45) is 10.8. The van der Waals surface area contributed by atoms with Crippen molar-refractivity contribution in [3.8, 4) is 24.7 Å². The fourth-order valence-corrected chi connectivity index (χ4v) is 3.10. The summed E-state index contributed by atoms with van der Waals surface area (Å²) in [5.74, 6) is 4.57. The Kier molecular flexibility index (Phi) is 10.6. The summed E-state index contributed by atoms with van der Waals surface area (Å²) in [5, 5.41) is 5.56. The lowest BCUT2D eigenvalue weighted by Crippen LogP contribution is -2.28. The molecule has 2 aromatic carbocycles. The molecule has 6 nitrogen and oxygen atoms in total. The van der Waals surface area contributed by atoms with E-state index in [2.05, 4.69) is 45.1 Å². The van der Waals surface area contributed by atoms with Gasteiger partial charge in [-0.2, -0.15) is 0 Å². The fraction of sp³-hybridized carbons (Fsp3) is 0.250. The van der Waals surface area contributed by atoms with Gasteiger partial charge >= 0.3 is 0 Å². The van der Waals surface area contributed by atoms with E-state index < -0.39 is 0 Å². The zero-order valence-corrected chi connectivity index (χ0v) is 19.1. The van der Waals surface area contributed by atoms with Crippen molar-refractivity contribution in [1.29, 1.82) is 0 Å². The van der Waals surface area contributed by atoms with E-state index in [-0.39, 0.29) is 11.8 Å². The summed E-state index contributed by atoms with van der Waals surface area (Å²) in [6.45, 7) is 2.26. The smallest absolute Gasteiger partial charge is 0.251 e. The Labute approximate surface area is 196 Å². The Morgan fingerprint density at radius 1 is 0.806 bits per heavy atom. The Balaban J connectivity index is 1.53. The number of hydrogen-bond acceptors (Lipinski definition) is 4. The normalized spacial score (nSPS) is 10.0. The second-order valence-corrected chi connectivity index (χ2v) is 7.58. The van der Waals surface area contributed by atoms with Gasteiger partial charge < -0.3 is 20.1 Å². The number of benzene rings is 2. The number of ether oxygens (including phenoxy) is 2. The standard InChI is InChI=1S/C24H23IN2O4/c1-3-18-14-19(4-2)16-21(15-18)24(29)27-9-11-31-13-12-30-10-8-26-23(28)20-6-5-7-22(25)17-20/h1-2,5-7,14-17H,8-13H2,(H,26,28)(H,27,29)/i25-2. The van der Waals surface area contributed by atoms with Crippen molar-refractivity contribution in [3.05, 3.63) is 68.3 Å². The molecule has 0 bridgehead atoms. The van der Waals surface area contributed by atoms with Crippen LogP contribution >= 0.6 is 22.6 Å². The van der Waals surface area contributed by atoms with Crippen molar-refractivity contribution in [2.45, 2.75) is 0 Å². The Bertz CT molecular complexity index is 960. The summed E-state index contributed by atoms with van der Waals surface area (Å²) in [5.41, 5.74) is 2.16. The Morgan fingerprint density at radius 3 is 1.87 bits per heavy atom. The molecule has 0 unspecified atom stereocenters. The molecule has 160 valence electrons. The van der Waals surface area contributed by atoms with Gasteiger partial charge in [-0.05, 0) is 59.0 Å². The van der Waals surface area contributed by atoms with E-state index in [4.69, 9.17) is 22.3 Å². The predicted octanol–water partition coefficient (Wildman–Crippen LogP) is 2.45.